The first-order chi connectivity index (χ1) is 9.45. The van der Waals surface area contributed by atoms with Crippen LogP contribution in [0, 0.1) is 10.1 Å². The molecule has 2 rings (SSSR count). The molecule has 0 aliphatic carbocycles. The molecule has 0 aromatic heterocycles. The fourth-order valence-corrected chi connectivity index (χ4v) is 2.76. The Bertz CT molecular complexity index is 665. The lowest BCUT2D eigenvalue weighted by atomic mass is 10.2. The van der Waals surface area contributed by atoms with E-state index in [0.717, 1.165) is 15.7 Å². The number of benzene rings is 2. The number of rotatable bonds is 4. The van der Waals surface area contributed by atoms with Gasteiger partial charge in [0.1, 0.15) is 0 Å². The van der Waals surface area contributed by atoms with Crippen LogP contribution in [0.2, 0.25) is 5.02 Å². The summed E-state index contributed by atoms with van der Waals surface area (Å²) in [6.45, 7) is 0.458. The first-order valence-electron chi connectivity index (χ1n) is 5.58. The molecular formula is C13H9Br2ClN2O2. The van der Waals surface area contributed by atoms with Gasteiger partial charge in [-0.3, -0.25) is 10.1 Å². The Hall–Kier alpha value is -1.11. The Balaban J connectivity index is 2.18. The van der Waals surface area contributed by atoms with E-state index in [1.165, 1.54) is 12.1 Å². The molecule has 7 heteroatoms. The van der Waals surface area contributed by atoms with Crippen molar-refractivity contribution in [2.24, 2.45) is 0 Å². The molecule has 0 radical (unpaired) electrons. The molecule has 0 atom stereocenters. The predicted octanol–water partition coefficient (Wildman–Crippen LogP) is 5.39. The lowest BCUT2D eigenvalue weighted by Gasteiger charge is -2.09. The van der Waals surface area contributed by atoms with Crippen LogP contribution in [0.15, 0.2) is 45.3 Å². The minimum Gasteiger partial charge on any atom is -0.380 e. The van der Waals surface area contributed by atoms with Crippen LogP contribution in [0.25, 0.3) is 0 Å². The molecule has 0 unspecified atom stereocenters. The van der Waals surface area contributed by atoms with E-state index in [1.54, 1.807) is 12.1 Å². The van der Waals surface area contributed by atoms with Crippen LogP contribution in [-0.2, 0) is 6.54 Å². The first kappa shape index (κ1) is 15.3. The van der Waals surface area contributed by atoms with Crippen LogP contribution in [0.3, 0.4) is 0 Å². The Kier molecular flexibility index (Phi) is 5.01. The van der Waals surface area contributed by atoms with E-state index in [-0.39, 0.29) is 5.69 Å². The van der Waals surface area contributed by atoms with Gasteiger partial charge in [0, 0.05) is 32.6 Å². The largest absolute Gasteiger partial charge is 0.380 e. The second kappa shape index (κ2) is 6.56. The summed E-state index contributed by atoms with van der Waals surface area (Å²) in [5.74, 6) is 0. The summed E-state index contributed by atoms with van der Waals surface area (Å²) in [5, 5.41) is 14.6. The van der Waals surface area contributed by atoms with E-state index in [4.69, 9.17) is 11.6 Å². The Morgan fingerprint density at radius 2 is 1.95 bits per heavy atom. The van der Waals surface area contributed by atoms with Gasteiger partial charge in [-0.25, -0.2) is 0 Å². The lowest BCUT2D eigenvalue weighted by molar-refractivity contribution is -0.385. The van der Waals surface area contributed by atoms with Gasteiger partial charge in [0.05, 0.1) is 10.6 Å². The monoisotopic (exact) mass is 418 g/mol. The Morgan fingerprint density at radius 3 is 2.65 bits per heavy atom. The molecule has 4 nitrogen and oxygen atoms in total. The number of nitro benzene ring substituents is 1. The van der Waals surface area contributed by atoms with Gasteiger partial charge in [0.15, 0.2) is 0 Å². The van der Waals surface area contributed by atoms with Crippen molar-refractivity contribution in [2.45, 2.75) is 6.54 Å². The summed E-state index contributed by atoms with van der Waals surface area (Å²) in [6.07, 6.45) is 0. The molecule has 104 valence electrons. The molecule has 0 heterocycles. The van der Waals surface area contributed by atoms with Crippen molar-refractivity contribution in [3.05, 3.63) is 66.0 Å². The molecule has 0 bridgehead atoms. The smallest absolute Gasteiger partial charge is 0.270 e. The van der Waals surface area contributed by atoms with Crippen LogP contribution in [0.1, 0.15) is 5.56 Å². The number of nitro groups is 1. The van der Waals surface area contributed by atoms with E-state index in [9.17, 15) is 10.1 Å². The summed E-state index contributed by atoms with van der Waals surface area (Å²) >= 11 is 12.6. The third-order valence-corrected chi connectivity index (χ3v) is 3.95. The number of non-ortho nitro benzene ring substituents is 1. The van der Waals surface area contributed by atoms with Crippen molar-refractivity contribution >= 4 is 54.8 Å². The standard InChI is InChI=1S/C13H9Br2ClN2O2/c14-9-3-8(4-11(5-9)18(19)20)7-17-13-6-10(16)1-2-12(13)15/h1-6,17H,7H2. The third kappa shape index (κ3) is 3.94. The average molecular weight is 420 g/mol. The van der Waals surface area contributed by atoms with Gasteiger partial charge in [0.2, 0.25) is 0 Å². The van der Waals surface area contributed by atoms with Gasteiger partial charge >= 0.3 is 0 Å². The minimum atomic E-state index is -0.413. The molecule has 0 amide bonds. The van der Waals surface area contributed by atoms with Crippen molar-refractivity contribution < 1.29 is 4.92 Å². The summed E-state index contributed by atoms with van der Waals surface area (Å²) in [5.41, 5.74) is 1.69. The van der Waals surface area contributed by atoms with E-state index >= 15 is 0 Å². The normalized spacial score (nSPS) is 10.3. The fraction of sp³-hybridized carbons (Fsp3) is 0.0769. The molecular weight excluding hydrogens is 411 g/mol. The summed E-state index contributed by atoms with van der Waals surface area (Å²) < 4.78 is 1.56. The van der Waals surface area contributed by atoms with Gasteiger partial charge in [0.25, 0.3) is 5.69 Å². The molecule has 0 fully saturated rings. The molecule has 2 aromatic carbocycles. The number of anilines is 1. The molecule has 0 aliphatic rings. The van der Waals surface area contributed by atoms with E-state index in [1.807, 2.05) is 12.1 Å². The van der Waals surface area contributed by atoms with Crippen LogP contribution in [0.4, 0.5) is 11.4 Å². The van der Waals surface area contributed by atoms with E-state index in [0.29, 0.717) is 16.0 Å². The maximum absolute atomic E-state index is 10.8. The quantitative estimate of drug-likeness (QED) is 0.533. The van der Waals surface area contributed by atoms with Gasteiger partial charge in [-0.1, -0.05) is 27.5 Å². The molecule has 2 aromatic rings. The Morgan fingerprint density at radius 1 is 1.20 bits per heavy atom. The van der Waals surface area contributed by atoms with Gasteiger partial charge in [-0.15, -0.1) is 0 Å². The molecule has 0 aliphatic heterocycles. The van der Waals surface area contributed by atoms with Crippen molar-refractivity contribution in [3.63, 3.8) is 0 Å². The topological polar surface area (TPSA) is 55.2 Å². The summed E-state index contributed by atoms with van der Waals surface area (Å²) in [6, 6.07) is 10.3. The maximum atomic E-state index is 10.8. The van der Waals surface area contributed by atoms with Gasteiger partial charge < -0.3 is 5.32 Å². The minimum absolute atomic E-state index is 0.0568. The second-order valence-corrected chi connectivity index (χ2v) is 6.26. The van der Waals surface area contributed by atoms with Gasteiger partial charge in [-0.05, 0) is 45.8 Å². The van der Waals surface area contributed by atoms with Crippen molar-refractivity contribution in [2.75, 3.05) is 5.32 Å². The van der Waals surface area contributed by atoms with Crippen molar-refractivity contribution in [1.82, 2.24) is 0 Å². The van der Waals surface area contributed by atoms with E-state index < -0.39 is 4.92 Å². The summed E-state index contributed by atoms with van der Waals surface area (Å²) in [7, 11) is 0. The zero-order valence-electron chi connectivity index (χ0n) is 10.1. The lowest BCUT2D eigenvalue weighted by Crippen LogP contribution is -2.01. The fourth-order valence-electron chi connectivity index (χ4n) is 1.67. The van der Waals surface area contributed by atoms with Crippen LogP contribution in [0.5, 0.6) is 0 Å². The highest BCUT2D eigenvalue weighted by molar-refractivity contribution is 9.10. The number of hydrogen-bond donors (Lipinski definition) is 1. The highest BCUT2D eigenvalue weighted by Crippen LogP contribution is 2.27. The second-order valence-electron chi connectivity index (χ2n) is 4.05. The Labute approximate surface area is 137 Å². The number of halogens is 3. The molecule has 20 heavy (non-hydrogen) atoms. The third-order valence-electron chi connectivity index (χ3n) is 2.56. The molecule has 1 N–H and O–H groups in total. The zero-order chi connectivity index (χ0) is 14.7. The van der Waals surface area contributed by atoms with E-state index in [2.05, 4.69) is 37.2 Å². The molecule has 0 spiro atoms. The molecule has 0 saturated heterocycles. The van der Waals surface area contributed by atoms with Crippen molar-refractivity contribution in [1.29, 1.82) is 0 Å². The van der Waals surface area contributed by atoms with Crippen LogP contribution in [-0.4, -0.2) is 4.92 Å². The number of nitrogens with zero attached hydrogens (tertiary/aromatic N) is 1. The molecule has 0 saturated carbocycles. The van der Waals surface area contributed by atoms with Crippen molar-refractivity contribution in [3.8, 4) is 0 Å². The zero-order valence-corrected chi connectivity index (χ0v) is 14.0. The van der Waals surface area contributed by atoms with Crippen LogP contribution < -0.4 is 5.32 Å². The maximum Gasteiger partial charge on any atom is 0.270 e. The van der Waals surface area contributed by atoms with Gasteiger partial charge in [-0.2, -0.15) is 0 Å². The predicted molar refractivity (Wildman–Crippen MR) is 87.3 cm³/mol. The summed E-state index contributed by atoms with van der Waals surface area (Å²) in [4.78, 5) is 10.4. The number of nitrogens with one attached hydrogen (secondary N) is 1. The highest BCUT2D eigenvalue weighted by atomic mass is 79.9. The first-order valence-corrected chi connectivity index (χ1v) is 7.55. The number of hydrogen-bond acceptors (Lipinski definition) is 3. The van der Waals surface area contributed by atoms with Crippen LogP contribution >= 0.6 is 43.5 Å². The average Bonchev–Trinajstić information content (AvgIpc) is 2.39. The SMILES string of the molecule is O=[N+]([O-])c1cc(Br)cc(CNc2cc(Cl)ccc2Br)c1. The highest BCUT2D eigenvalue weighted by Gasteiger charge is 2.09.